The van der Waals surface area contributed by atoms with Crippen molar-refractivity contribution in [1.29, 1.82) is 0 Å². The van der Waals surface area contributed by atoms with Crippen molar-refractivity contribution in [1.82, 2.24) is 4.98 Å². The fourth-order valence-corrected chi connectivity index (χ4v) is 3.36. The molecular weight excluding hydrogens is 377 g/mol. The summed E-state index contributed by atoms with van der Waals surface area (Å²) in [6, 6.07) is 11.8. The first-order chi connectivity index (χ1) is 12.5. The van der Waals surface area contributed by atoms with Gasteiger partial charge in [0, 0.05) is 23.5 Å². The average Bonchev–Trinajstić information content (AvgIpc) is 2.63. The van der Waals surface area contributed by atoms with Crippen LogP contribution in [0, 0.1) is 5.82 Å². The summed E-state index contributed by atoms with van der Waals surface area (Å²) >= 11 is 3.99. The molecule has 1 heterocycles. The van der Waals surface area contributed by atoms with Crippen molar-refractivity contribution in [3.63, 3.8) is 0 Å². The van der Waals surface area contributed by atoms with Crippen molar-refractivity contribution >= 4 is 22.7 Å². The van der Waals surface area contributed by atoms with Crippen LogP contribution in [0.25, 0.3) is 22.3 Å². The minimum atomic E-state index is -2.10. The van der Waals surface area contributed by atoms with Gasteiger partial charge in [-0.2, -0.15) is 0 Å². The van der Waals surface area contributed by atoms with Crippen LogP contribution < -0.4 is 4.74 Å². The Balaban J connectivity index is 2.08. The van der Waals surface area contributed by atoms with Gasteiger partial charge < -0.3 is 9.29 Å². The molecule has 1 unspecified atom stereocenters. The van der Waals surface area contributed by atoms with Gasteiger partial charge in [0.2, 0.25) is 0 Å². The van der Waals surface area contributed by atoms with Gasteiger partial charge in [0.05, 0.1) is 17.9 Å². The highest BCUT2D eigenvalue weighted by atomic mass is 35.5. The molecule has 7 heteroatoms. The summed E-state index contributed by atoms with van der Waals surface area (Å²) in [5, 5.41) is 0.499. The third-order valence-corrected chi connectivity index (χ3v) is 4.80. The van der Waals surface area contributed by atoms with E-state index in [9.17, 15) is 8.60 Å². The number of halogens is 2. The molecule has 0 saturated heterocycles. The van der Waals surface area contributed by atoms with Gasteiger partial charge in [-0.3, -0.25) is 4.98 Å². The number of hydrogen-bond donors (Lipinski definition) is 1. The lowest BCUT2D eigenvalue weighted by Gasteiger charge is -2.12. The van der Waals surface area contributed by atoms with Gasteiger partial charge in [-0.1, -0.05) is 29.8 Å². The fraction of sp³-hybridized carbons (Fsp3) is 0.105. The second-order valence-electron chi connectivity index (χ2n) is 5.54. The normalized spacial score (nSPS) is 12.0. The van der Waals surface area contributed by atoms with Crippen molar-refractivity contribution < 1.29 is 17.9 Å². The first-order valence-corrected chi connectivity index (χ1v) is 9.29. The zero-order valence-electron chi connectivity index (χ0n) is 13.8. The molecule has 0 amide bonds. The maximum Gasteiger partial charge on any atom is 0.157 e. The van der Waals surface area contributed by atoms with Gasteiger partial charge in [0.25, 0.3) is 0 Å². The first-order valence-electron chi connectivity index (χ1n) is 7.63. The van der Waals surface area contributed by atoms with Crippen molar-refractivity contribution in [2.45, 2.75) is 5.75 Å². The van der Waals surface area contributed by atoms with Crippen LogP contribution in [0.4, 0.5) is 4.39 Å². The Hall–Kier alpha value is -2.28. The zero-order valence-corrected chi connectivity index (χ0v) is 15.4. The Morgan fingerprint density at radius 2 is 1.88 bits per heavy atom. The van der Waals surface area contributed by atoms with E-state index in [1.54, 1.807) is 30.6 Å². The zero-order chi connectivity index (χ0) is 18.7. The molecule has 1 atom stereocenters. The number of ether oxygens (including phenoxy) is 1. The monoisotopic (exact) mass is 391 g/mol. The minimum Gasteiger partial charge on any atom is -0.495 e. The first kappa shape index (κ1) is 18.5. The van der Waals surface area contributed by atoms with E-state index in [0.717, 1.165) is 16.7 Å². The van der Waals surface area contributed by atoms with Crippen molar-refractivity contribution in [2.24, 2.45) is 0 Å². The minimum absolute atomic E-state index is 0.188. The molecule has 4 nitrogen and oxygen atoms in total. The highest BCUT2D eigenvalue weighted by molar-refractivity contribution is 7.78. The maximum absolute atomic E-state index is 14.3. The average molecular weight is 392 g/mol. The molecule has 3 aromatic rings. The van der Waals surface area contributed by atoms with E-state index in [-0.39, 0.29) is 11.3 Å². The summed E-state index contributed by atoms with van der Waals surface area (Å²) < 4.78 is 39.4. The summed E-state index contributed by atoms with van der Waals surface area (Å²) in [5.74, 6) is -0.243. The Morgan fingerprint density at radius 3 is 2.58 bits per heavy atom. The van der Waals surface area contributed by atoms with E-state index in [4.69, 9.17) is 20.9 Å². The largest absolute Gasteiger partial charge is 0.495 e. The second kappa shape index (κ2) is 7.95. The summed E-state index contributed by atoms with van der Waals surface area (Å²) in [4.78, 5) is 4.14. The molecule has 0 aliphatic rings. The Morgan fingerprint density at radius 1 is 1.15 bits per heavy atom. The predicted octanol–water partition coefficient (Wildman–Crippen LogP) is 4.94. The van der Waals surface area contributed by atoms with Crippen molar-refractivity contribution in [2.75, 3.05) is 7.11 Å². The molecular formula is C19H15ClFNO3S. The third kappa shape index (κ3) is 3.93. The van der Waals surface area contributed by atoms with Gasteiger partial charge in [-0.15, -0.1) is 0 Å². The van der Waals surface area contributed by atoms with Crippen LogP contribution in [-0.2, 0) is 16.8 Å². The molecule has 0 radical (unpaired) electrons. The molecule has 0 saturated carbocycles. The van der Waals surface area contributed by atoms with Crippen molar-refractivity contribution in [3.8, 4) is 28.0 Å². The SMILES string of the molecule is COc1cc(-c2ccncc2-c2ccc(CS(=O)O)c(F)c2)ccc1Cl. The Bertz CT molecular complexity index is 981. The van der Waals surface area contributed by atoms with Crippen LogP contribution in [0.2, 0.25) is 5.02 Å². The lowest BCUT2D eigenvalue weighted by molar-refractivity contribution is 0.415. The molecule has 0 aliphatic heterocycles. The summed E-state index contributed by atoms with van der Waals surface area (Å²) in [6.07, 6.45) is 3.30. The number of benzene rings is 2. The number of nitrogens with zero attached hydrogens (tertiary/aromatic N) is 1. The quantitative estimate of drug-likeness (QED) is 0.626. The third-order valence-electron chi connectivity index (χ3n) is 3.93. The highest BCUT2D eigenvalue weighted by Gasteiger charge is 2.13. The van der Waals surface area contributed by atoms with E-state index < -0.39 is 16.9 Å². The lowest BCUT2D eigenvalue weighted by atomic mass is 9.96. The molecule has 2 aromatic carbocycles. The molecule has 134 valence electrons. The Labute approximate surface area is 157 Å². The molecule has 0 fully saturated rings. The van der Waals surface area contributed by atoms with E-state index in [1.165, 1.54) is 19.2 Å². The molecule has 1 aromatic heterocycles. The fourth-order valence-electron chi connectivity index (χ4n) is 2.67. The number of rotatable bonds is 5. The van der Waals surface area contributed by atoms with E-state index in [1.807, 2.05) is 12.1 Å². The van der Waals surface area contributed by atoms with Gasteiger partial charge in [0.1, 0.15) is 11.6 Å². The van der Waals surface area contributed by atoms with Crippen LogP contribution in [0.1, 0.15) is 5.56 Å². The lowest BCUT2D eigenvalue weighted by Crippen LogP contribution is -1.97. The Kier molecular flexibility index (Phi) is 5.66. The van der Waals surface area contributed by atoms with Crippen LogP contribution in [-0.4, -0.2) is 20.9 Å². The van der Waals surface area contributed by atoms with Gasteiger partial charge in [0.15, 0.2) is 11.1 Å². The molecule has 0 aliphatic carbocycles. The number of methoxy groups -OCH3 is 1. The summed E-state index contributed by atoms with van der Waals surface area (Å²) in [6.45, 7) is 0. The maximum atomic E-state index is 14.3. The smallest absolute Gasteiger partial charge is 0.157 e. The molecule has 0 spiro atoms. The van der Waals surface area contributed by atoms with Gasteiger partial charge in [-0.05, 0) is 41.0 Å². The predicted molar refractivity (Wildman–Crippen MR) is 101 cm³/mol. The van der Waals surface area contributed by atoms with Crippen molar-refractivity contribution in [3.05, 3.63) is 71.3 Å². The number of pyridine rings is 1. The van der Waals surface area contributed by atoms with E-state index in [0.29, 0.717) is 16.3 Å². The number of hydrogen-bond acceptors (Lipinski definition) is 3. The molecule has 0 bridgehead atoms. The molecule has 1 N–H and O–H groups in total. The van der Waals surface area contributed by atoms with Crippen LogP contribution in [0.3, 0.4) is 0 Å². The molecule has 3 rings (SSSR count). The topological polar surface area (TPSA) is 59.4 Å². The second-order valence-corrected chi connectivity index (χ2v) is 6.88. The summed E-state index contributed by atoms with van der Waals surface area (Å²) in [5.41, 5.74) is 3.23. The van der Waals surface area contributed by atoms with Gasteiger partial charge >= 0.3 is 0 Å². The van der Waals surface area contributed by atoms with Gasteiger partial charge in [-0.25, -0.2) is 8.60 Å². The van der Waals surface area contributed by atoms with E-state index in [2.05, 4.69) is 4.98 Å². The standard InChI is InChI=1S/C19H15ClFNO3S/c1-25-19-9-13(4-5-17(19)20)15-6-7-22-10-16(15)12-2-3-14(11-26(23)24)18(21)8-12/h2-10H,11H2,1H3,(H,23,24). The summed E-state index contributed by atoms with van der Waals surface area (Å²) in [7, 11) is 1.54. The van der Waals surface area contributed by atoms with E-state index >= 15 is 0 Å². The molecule has 26 heavy (non-hydrogen) atoms. The van der Waals surface area contributed by atoms with Crippen LogP contribution >= 0.6 is 11.6 Å². The number of aromatic nitrogens is 1. The van der Waals surface area contributed by atoms with Crippen LogP contribution in [0.5, 0.6) is 5.75 Å². The van der Waals surface area contributed by atoms with Crippen LogP contribution in [0.15, 0.2) is 54.9 Å². The highest BCUT2D eigenvalue weighted by Crippen LogP contribution is 2.36.